The molecule has 1 aromatic rings. The summed E-state index contributed by atoms with van der Waals surface area (Å²) in [5.41, 5.74) is 0.465. The maximum absolute atomic E-state index is 12.9. The smallest absolute Gasteiger partial charge is 0.410 e. The minimum absolute atomic E-state index is 0.251. The van der Waals surface area contributed by atoms with E-state index in [0.29, 0.717) is 25.6 Å². The molecular weight excluding hydrogens is 335 g/mol. The number of carbonyl (C=O) groups is 1. The topological polar surface area (TPSA) is 66.0 Å². The van der Waals surface area contributed by atoms with Gasteiger partial charge in [0.25, 0.3) is 0 Å². The molecule has 2 N–H and O–H groups in total. The van der Waals surface area contributed by atoms with Gasteiger partial charge in [-0.15, -0.1) is 0 Å². The zero-order valence-electron chi connectivity index (χ0n) is 16.0. The van der Waals surface area contributed by atoms with E-state index in [1.807, 2.05) is 20.8 Å². The van der Waals surface area contributed by atoms with Gasteiger partial charge in [0.2, 0.25) is 0 Å². The summed E-state index contributed by atoms with van der Waals surface area (Å²) in [7, 11) is 1.69. The van der Waals surface area contributed by atoms with Crippen molar-refractivity contribution in [1.29, 1.82) is 0 Å². The van der Waals surface area contributed by atoms with Crippen LogP contribution in [0, 0.1) is 5.82 Å². The summed E-state index contributed by atoms with van der Waals surface area (Å²) in [6.45, 7) is 7.27. The Hall–Kier alpha value is -2.31. The van der Waals surface area contributed by atoms with Gasteiger partial charge in [-0.3, -0.25) is 4.99 Å². The van der Waals surface area contributed by atoms with Crippen LogP contribution in [0.25, 0.3) is 0 Å². The average molecular weight is 364 g/mol. The average Bonchev–Trinajstić information content (AvgIpc) is 3.39. The molecule has 1 fully saturated rings. The predicted octanol–water partition coefficient (Wildman–Crippen LogP) is 2.89. The molecule has 144 valence electrons. The molecule has 0 aliphatic heterocycles. The number of benzene rings is 1. The fourth-order valence-corrected chi connectivity index (χ4v) is 2.43. The second-order valence-electron chi connectivity index (χ2n) is 7.38. The van der Waals surface area contributed by atoms with Crippen molar-refractivity contribution >= 4 is 12.1 Å². The van der Waals surface area contributed by atoms with E-state index in [0.717, 1.165) is 18.4 Å². The summed E-state index contributed by atoms with van der Waals surface area (Å²) in [4.78, 5) is 18.3. The highest BCUT2D eigenvalue weighted by Crippen LogP contribution is 2.27. The van der Waals surface area contributed by atoms with Gasteiger partial charge in [0.1, 0.15) is 11.4 Å². The third-order valence-electron chi connectivity index (χ3n) is 3.86. The Morgan fingerprint density at radius 2 is 1.92 bits per heavy atom. The zero-order chi connectivity index (χ0) is 19.2. The van der Waals surface area contributed by atoms with Crippen molar-refractivity contribution in [2.45, 2.75) is 51.8 Å². The molecule has 1 saturated carbocycles. The number of nitrogens with zero attached hydrogens (tertiary/aromatic N) is 2. The molecular formula is C19H29FN4O2. The third kappa shape index (κ3) is 6.90. The van der Waals surface area contributed by atoms with Gasteiger partial charge in [0.05, 0.1) is 0 Å². The van der Waals surface area contributed by atoms with E-state index < -0.39 is 5.60 Å². The third-order valence-corrected chi connectivity index (χ3v) is 3.86. The van der Waals surface area contributed by atoms with E-state index in [2.05, 4.69) is 15.6 Å². The molecule has 6 nitrogen and oxygen atoms in total. The Morgan fingerprint density at radius 3 is 2.46 bits per heavy atom. The van der Waals surface area contributed by atoms with Gasteiger partial charge in [-0.1, -0.05) is 12.1 Å². The fraction of sp³-hybridized carbons (Fsp3) is 0.579. The van der Waals surface area contributed by atoms with E-state index in [9.17, 15) is 9.18 Å². The molecule has 0 bridgehead atoms. The van der Waals surface area contributed by atoms with Gasteiger partial charge in [-0.05, 0) is 51.3 Å². The molecule has 0 atom stereocenters. The number of guanidine groups is 1. The Bertz CT molecular complexity index is 621. The SMILES string of the molecule is CN=C(NCCN(C(=O)OC(C)(C)C)C1CC1)NCc1ccc(F)cc1. The molecule has 2 rings (SSSR count). The Morgan fingerprint density at radius 1 is 1.27 bits per heavy atom. The summed E-state index contributed by atoms with van der Waals surface area (Å²) in [6.07, 6.45) is 1.78. The summed E-state index contributed by atoms with van der Waals surface area (Å²) in [6, 6.07) is 6.60. The lowest BCUT2D eigenvalue weighted by Crippen LogP contribution is -2.45. The number of rotatable bonds is 6. The van der Waals surface area contributed by atoms with Crippen LogP contribution in [0.1, 0.15) is 39.2 Å². The predicted molar refractivity (Wildman–Crippen MR) is 101 cm³/mol. The summed E-state index contributed by atoms with van der Waals surface area (Å²) in [5.74, 6) is 0.382. The van der Waals surface area contributed by atoms with Crippen LogP contribution < -0.4 is 10.6 Å². The summed E-state index contributed by atoms with van der Waals surface area (Å²) >= 11 is 0. The first-order chi connectivity index (χ1) is 12.3. The van der Waals surface area contributed by atoms with Crippen LogP contribution in [0.4, 0.5) is 9.18 Å². The van der Waals surface area contributed by atoms with Crippen LogP contribution in [0.3, 0.4) is 0 Å². The Kier molecular flexibility index (Phi) is 6.83. The first-order valence-corrected chi connectivity index (χ1v) is 8.97. The van der Waals surface area contributed by atoms with Gasteiger partial charge < -0.3 is 20.3 Å². The lowest BCUT2D eigenvalue weighted by molar-refractivity contribution is 0.0238. The van der Waals surface area contributed by atoms with Gasteiger partial charge >= 0.3 is 6.09 Å². The number of hydrogen-bond acceptors (Lipinski definition) is 3. The van der Waals surface area contributed by atoms with Crippen molar-refractivity contribution in [3.63, 3.8) is 0 Å². The van der Waals surface area contributed by atoms with Gasteiger partial charge in [-0.2, -0.15) is 0 Å². The molecule has 0 spiro atoms. The van der Waals surface area contributed by atoms with Gasteiger partial charge in [-0.25, -0.2) is 9.18 Å². The van der Waals surface area contributed by atoms with Crippen LogP contribution in [0.2, 0.25) is 0 Å². The standard InChI is InChI=1S/C19H29FN4O2/c1-19(2,3)26-18(25)24(16-9-10-16)12-11-22-17(21-4)23-13-14-5-7-15(20)8-6-14/h5-8,16H,9-13H2,1-4H3,(H2,21,22,23). The molecule has 0 radical (unpaired) electrons. The molecule has 0 saturated heterocycles. The van der Waals surface area contributed by atoms with Crippen molar-refractivity contribution in [3.8, 4) is 0 Å². The van der Waals surface area contributed by atoms with Crippen molar-refractivity contribution in [2.24, 2.45) is 4.99 Å². The molecule has 1 aliphatic carbocycles. The molecule has 0 heterocycles. The molecule has 26 heavy (non-hydrogen) atoms. The number of hydrogen-bond donors (Lipinski definition) is 2. The highest BCUT2D eigenvalue weighted by molar-refractivity contribution is 5.79. The summed E-state index contributed by atoms with van der Waals surface area (Å²) < 4.78 is 18.4. The van der Waals surface area contributed by atoms with E-state index in [4.69, 9.17) is 4.74 Å². The van der Waals surface area contributed by atoms with Crippen LogP contribution in [0.5, 0.6) is 0 Å². The molecule has 1 aromatic carbocycles. The van der Waals surface area contributed by atoms with Crippen LogP contribution in [0.15, 0.2) is 29.3 Å². The number of nitrogens with one attached hydrogen (secondary N) is 2. The molecule has 0 unspecified atom stereocenters. The first-order valence-electron chi connectivity index (χ1n) is 8.97. The number of halogens is 1. The highest BCUT2D eigenvalue weighted by Gasteiger charge is 2.34. The number of aliphatic imine (C=N–C) groups is 1. The molecule has 0 aromatic heterocycles. The minimum Gasteiger partial charge on any atom is -0.444 e. The molecule has 7 heteroatoms. The van der Waals surface area contributed by atoms with E-state index in [1.54, 1.807) is 24.1 Å². The molecule has 1 amide bonds. The normalized spacial score (nSPS) is 14.7. The lowest BCUT2D eigenvalue weighted by atomic mass is 10.2. The zero-order valence-corrected chi connectivity index (χ0v) is 16.0. The van der Waals surface area contributed by atoms with Crippen molar-refractivity contribution < 1.29 is 13.9 Å². The highest BCUT2D eigenvalue weighted by atomic mass is 19.1. The van der Waals surface area contributed by atoms with Gasteiger partial charge in [0.15, 0.2) is 5.96 Å². The Labute approximate surface area is 154 Å². The summed E-state index contributed by atoms with van der Waals surface area (Å²) in [5, 5.41) is 6.37. The van der Waals surface area contributed by atoms with Crippen LogP contribution in [-0.2, 0) is 11.3 Å². The van der Waals surface area contributed by atoms with E-state index in [1.165, 1.54) is 12.1 Å². The minimum atomic E-state index is -0.496. The Balaban J connectivity index is 1.77. The quantitative estimate of drug-likeness (QED) is 0.602. The second kappa shape index (κ2) is 8.87. The van der Waals surface area contributed by atoms with Gasteiger partial charge in [0, 0.05) is 32.7 Å². The number of ether oxygens (including phenoxy) is 1. The van der Waals surface area contributed by atoms with Crippen LogP contribution in [-0.4, -0.2) is 48.7 Å². The van der Waals surface area contributed by atoms with Crippen molar-refractivity contribution in [3.05, 3.63) is 35.6 Å². The van der Waals surface area contributed by atoms with Crippen molar-refractivity contribution in [1.82, 2.24) is 15.5 Å². The first kappa shape index (κ1) is 20.0. The maximum atomic E-state index is 12.9. The monoisotopic (exact) mass is 364 g/mol. The number of amides is 1. The second-order valence-corrected chi connectivity index (χ2v) is 7.38. The van der Waals surface area contributed by atoms with Crippen molar-refractivity contribution in [2.75, 3.05) is 20.1 Å². The molecule has 1 aliphatic rings. The van der Waals surface area contributed by atoms with E-state index >= 15 is 0 Å². The lowest BCUT2D eigenvalue weighted by Gasteiger charge is -2.27. The fourth-order valence-electron chi connectivity index (χ4n) is 2.43. The number of carbonyl (C=O) groups excluding carboxylic acids is 1. The largest absolute Gasteiger partial charge is 0.444 e. The maximum Gasteiger partial charge on any atom is 0.410 e. The van der Waals surface area contributed by atoms with Crippen LogP contribution >= 0.6 is 0 Å². The van der Waals surface area contributed by atoms with E-state index in [-0.39, 0.29) is 18.0 Å².